The molecule has 0 amide bonds. The summed E-state index contributed by atoms with van der Waals surface area (Å²) in [6.45, 7) is 0. The number of nitriles is 2. The van der Waals surface area contributed by atoms with E-state index in [4.69, 9.17) is 16.2 Å². The number of benzene rings is 2. The third-order valence-corrected chi connectivity index (χ3v) is 13.4. The van der Waals surface area contributed by atoms with Crippen LogP contribution in [-0.4, -0.2) is 0 Å². The molecular formula is C24H18N2O2Zr. The molecular weight excluding hydrogens is 440 g/mol. The van der Waals surface area contributed by atoms with Crippen LogP contribution in [0.1, 0.15) is 24.0 Å². The van der Waals surface area contributed by atoms with Crippen molar-refractivity contribution in [2.24, 2.45) is 0 Å². The number of rotatable bonds is 6. The Balaban J connectivity index is 1.76. The number of hydrogen-bond acceptors (Lipinski definition) is 4. The van der Waals surface area contributed by atoms with Crippen molar-refractivity contribution < 1.29 is 26.8 Å². The minimum atomic E-state index is -4.02. The van der Waals surface area contributed by atoms with Gasteiger partial charge in [0.05, 0.1) is 0 Å². The molecule has 0 radical (unpaired) electrons. The van der Waals surface area contributed by atoms with Gasteiger partial charge < -0.3 is 0 Å². The maximum atomic E-state index is 9.08. The van der Waals surface area contributed by atoms with Crippen molar-refractivity contribution in [3.8, 4) is 23.6 Å². The molecule has 2 aromatic carbocycles. The molecule has 2 aromatic rings. The molecule has 0 aromatic heterocycles. The van der Waals surface area contributed by atoms with Crippen molar-refractivity contribution in [1.82, 2.24) is 0 Å². The van der Waals surface area contributed by atoms with Crippen LogP contribution < -0.4 is 5.63 Å². The third-order valence-electron chi connectivity index (χ3n) is 4.88. The van der Waals surface area contributed by atoms with Gasteiger partial charge in [0, 0.05) is 0 Å². The summed E-state index contributed by atoms with van der Waals surface area (Å²) >= 11 is -4.02. The Kier molecular flexibility index (Phi) is 5.61. The topological polar surface area (TPSA) is 66.0 Å². The quantitative estimate of drug-likeness (QED) is 0.570. The van der Waals surface area contributed by atoms with Gasteiger partial charge in [-0.25, -0.2) is 0 Å². The van der Waals surface area contributed by atoms with E-state index in [0.717, 1.165) is 12.8 Å². The fraction of sp³-hybridized carbons (Fsp3) is 0.0833. The second kappa shape index (κ2) is 8.48. The number of hydrogen-bond donors (Lipinski definition) is 0. The molecule has 0 saturated heterocycles. The fourth-order valence-corrected chi connectivity index (χ4v) is 11.6. The average molecular weight is 458 g/mol. The molecule has 0 fully saturated rings. The first-order chi connectivity index (χ1) is 14.2. The van der Waals surface area contributed by atoms with Gasteiger partial charge in [-0.3, -0.25) is 0 Å². The maximum absolute atomic E-state index is 9.08. The van der Waals surface area contributed by atoms with Crippen LogP contribution in [0.25, 0.3) is 0 Å². The Hall–Kier alpha value is -3.14. The summed E-state index contributed by atoms with van der Waals surface area (Å²) in [5.74, 6) is 1.41. The third kappa shape index (κ3) is 4.02. The van der Waals surface area contributed by atoms with E-state index in [-0.39, 0.29) is 0 Å². The van der Waals surface area contributed by atoms with E-state index in [1.807, 2.05) is 36.4 Å². The summed E-state index contributed by atoms with van der Waals surface area (Å²) in [5.41, 5.74) is 1.18. The molecule has 0 aliphatic heterocycles. The van der Waals surface area contributed by atoms with Gasteiger partial charge in [0.1, 0.15) is 0 Å². The zero-order chi connectivity index (χ0) is 20.1. The Morgan fingerprint density at radius 3 is 1.38 bits per heavy atom. The van der Waals surface area contributed by atoms with Crippen LogP contribution in [0.15, 0.2) is 91.5 Å². The molecule has 0 spiro atoms. The Bertz CT molecular complexity index is 1020. The summed E-state index contributed by atoms with van der Waals surface area (Å²) in [6.07, 6.45) is 14.2. The standard InChI is InChI=1S/2C7H5NO.2C5H5.Zr/c2*8-5-6-1-3-7(9)4-2-6;2*1-2-4-5-3-1;/h2*1-4,9H;2*1-3H,4H2;/q;;;;+2/p-2. The minimum absolute atomic E-state index is 0.592. The van der Waals surface area contributed by atoms with Crippen molar-refractivity contribution in [3.63, 3.8) is 0 Å². The molecule has 2 aliphatic rings. The molecule has 29 heavy (non-hydrogen) atoms. The van der Waals surface area contributed by atoms with Gasteiger partial charge >= 0.3 is 176 Å². The Morgan fingerprint density at radius 1 is 0.655 bits per heavy atom. The van der Waals surface area contributed by atoms with E-state index >= 15 is 0 Å². The molecule has 4 rings (SSSR count). The molecule has 4 nitrogen and oxygen atoms in total. The van der Waals surface area contributed by atoms with Crippen LogP contribution >= 0.6 is 0 Å². The molecule has 0 atom stereocenters. The predicted octanol–water partition coefficient (Wildman–Crippen LogP) is 5.56. The van der Waals surface area contributed by atoms with Crippen molar-refractivity contribution in [2.75, 3.05) is 0 Å². The normalized spacial score (nSPS) is 14.7. The molecule has 140 valence electrons. The molecule has 5 heteroatoms. The van der Waals surface area contributed by atoms with E-state index in [9.17, 15) is 0 Å². The summed E-state index contributed by atoms with van der Waals surface area (Å²) in [6, 6.07) is 18.6. The molecule has 0 N–H and O–H groups in total. The monoisotopic (exact) mass is 456 g/mol. The molecule has 0 heterocycles. The van der Waals surface area contributed by atoms with Crippen LogP contribution in [0.4, 0.5) is 0 Å². The first kappa shape index (κ1) is 19.2. The van der Waals surface area contributed by atoms with Gasteiger partial charge in [-0.05, 0) is 0 Å². The summed E-state index contributed by atoms with van der Waals surface area (Å²) in [4.78, 5) is 0. The predicted molar refractivity (Wildman–Crippen MR) is 107 cm³/mol. The van der Waals surface area contributed by atoms with Crippen molar-refractivity contribution in [3.05, 3.63) is 103 Å². The number of allylic oxidation sites excluding steroid dienone is 8. The van der Waals surface area contributed by atoms with E-state index in [1.54, 1.807) is 24.3 Å². The van der Waals surface area contributed by atoms with Crippen LogP contribution in [-0.2, 0) is 21.1 Å². The van der Waals surface area contributed by atoms with E-state index in [0.29, 0.717) is 22.6 Å². The van der Waals surface area contributed by atoms with Crippen LogP contribution in [0.2, 0.25) is 0 Å². The number of nitrogens with zero attached hydrogens (tertiary/aromatic N) is 2. The zero-order valence-corrected chi connectivity index (χ0v) is 18.2. The van der Waals surface area contributed by atoms with Crippen molar-refractivity contribution in [2.45, 2.75) is 12.8 Å². The van der Waals surface area contributed by atoms with Gasteiger partial charge in [0.15, 0.2) is 0 Å². The average Bonchev–Trinajstić information content (AvgIpc) is 3.49. The van der Waals surface area contributed by atoms with Crippen LogP contribution in [0, 0.1) is 22.7 Å². The Labute approximate surface area is 176 Å². The summed E-state index contributed by atoms with van der Waals surface area (Å²) < 4.78 is 15.8. The first-order valence-corrected chi connectivity index (χ1v) is 13.8. The van der Waals surface area contributed by atoms with E-state index < -0.39 is 21.1 Å². The van der Waals surface area contributed by atoms with Crippen LogP contribution in [0.5, 0.6) is 11.5 Å². The van der Waals surface area contributed by atoms with E-state index in [1.165, 1.54) is 6.56 Å². The van der Waals surface area contributed by atoms with E-state index in [2.05, 4.69) is 36.4 Å². The van der Waals surface area contributed by atoms with Crippen molar-refractivity contribution >= 4 is 0 Å². The second-order valence-corrected chi connectivity index (χ2v) is 13.9. The molecule has 2 aliphatic carbocycles. The van der Waals surface area contributed by atoms with Crippen molar-refractivity contribution in [1.29, 1.82) is 10.5 Å². The molecule has 0 unspecified atom stereocenters. The Morgan fingerprint density at radius 2 is 1.07 bits per heavy atom. The molecule has 0 bridgehead atoms. The fourth-order valence-electron chi connectivity index (χ4n) is 3.40. The van der Waals surface area contributed by atoms with Gasteiger partial charge in [0.25, 0.3) is 0 Å². The van der Waals surface area contributed by atoms with Gasteiger partial charge in [-0.2, -0.15) is 0 Å². The second-order valence-electron chi connectivity index (χ2n) is 6.74. The first-order valence-electron chi connectivity index (χ1n) is 9.34. The van der Waals surface area contributed by atoms with Gasteiger partial charge in [0.2, 0.25) is 0 Å². The summed E-state index contributed by atoms with van der Waals surface area (Å²) in [5, 5.41) is 18.2. The van der Waals surface area contributed by atoms with Gasteiger partial charge in [-0.1, -0.05) is 0 Å². The van der Waals surface area contributed by atoms with Crippen LogP contribution in [0.3, 0.4) is 0 Å². The van der Waals surface area contributed by atoms with Gasteiger partial charge in [-0.15, -0.1) is 0 Å². The SMILES string of the molecule is N#Cc1ccc([O][Zr]([O]c2ccc(C#N)cc2)([C]2=CC=CC2)[C]2=CC=CC2)cc1. The zero-order valence-electron chi connectivity index (χ0n) is 15.7. The molecule has 0 saturated carbocycles. The summed E-state index contributed by atoms with van der Waals surface area (Å²) in [7, 11) is 0.